The molecule has 4 amide bonds. The summed E-state index contributed by atoms with van der Waals surface area (Å²) in [5.41, 5.74) is -6.31. The molecule has 0 radical (unpaired) electrons. The van der Waals surface area contributed by atoms with Gasteiger partial charge in [-0.25, -0.2) is 0 Å². The number of ether oxygens (including phenoxy) is 3. The number of rotatable bonds is 22. The van der Waals surface area contributed by atoms with Crippen molar-refractivity contribution in [3.63, 3.8) is 0 Å². The molecule has 58 heavy (non-hydrogen) atoms. The molecule has 0 aromatic carbocycles. The lowest BCUT2D eigenvalue weighted by Crippen LogP contribution is -2.60. The number of hydrogen-bond donors (Lipinski definition) is 7. The summed E-state index contributed by atoms with van der Waals surface area (Å²) in [5.74, 6) is -8.29. The first kappa shape index (κ1) is 45.9. The minimum Gasteiger partial charge on any atom is -0.502 e. The highest BCUT2D eigenvalue weighted by Crippen LogP contribution is 2.19. The van der Waals surface area contributed by atoms with Crippen LogP contribution in [-0.4, -0.2) is 141 Å². The van der Waals surface area contributed by atoms with Crippen molar-refractivity contribution in [3.05, 3.63) is 84.5 Å². The largest absolute Gasteiger partial charge is 0.502 e. The number of carbonyl (C=O) groups excluding carboxylic acids is 4. The number of aromatic nitrogens is 3. The Balaban J connectivity index is 1.90. The van der Waals surface area contributed by atoms with Crippen molar-refractivity contribution in [1.29, 1.82) is 0 Å². The number of nitrogens with zero attached hydrogens (tertiary/aromatic N) is 4. The second kappa shape index (κ2) is 21.1. The third-order valence-corrected chi connectivity index (χ3v) is 8.75. The molecule has 0 spiro atoms. The third kappa shape index (κ3) is 11.5. The number of aliphatic carboxylic acids is 1. The summed E-state index contributed by atoms with van der Waals surface area (Å²) in [4.78, 5) is 105. The lowest BCUT2D eigenvalue weighted by atomic mass is 9.94. The fraction of sp³-hybridized carbons (Fsp3) is 0.444. The van der Waals surface area contributed by atoms with Crippen LogP contribution in [0.3, 0.4) is 0 Å². The van der Waals surface area contributed by atoms with Gasteiger partial charge in [0.15, 0.2) is 17.2 Å². The van der Waals surface area contributed by atoms with E-state index in [4.69, 9.17) is 14.2 Å². The van der Waals surface area contributed by atoms with Crippen molar-refractivity contribution >= 4 is 29.6 Å². The summed E-state index contributed by atoms with van der Waals surface area (Å²) in [6, 6.07) is 3.47. The quantitative estimate of drug-likeness (QED) is 0.0571. The van der Waals surface area contributed by atoms with Crippen LogP contribution >= 0.6 is 0 Å². The maximum atomic E-state index is 14.2. The van der Waals surface area contributed by atoms with Crippen molar-refractivity contribution < 1.29 is 58.6 Å². The molecule has 1 unspecified atom stereocenters. The monoisotopic (exact) mass is 817 g/mol. The standard InChI is InChI=1S/C36H47N7O15/c1-36(21-25(44)45,39-31(51)24-7-12-42(17-20-58-4)34(54)28(24)48)35(55)43(13-8-37-29(49)22-5-10-40(15-18-56-2)32(52)26(22)46)14-9-38-30(50)23-6-11-41(16-19-57-3)33(53)27(23)47/h5-7,10-12,46-48H,8-9,13-21H2,1-4H3,(H,37,49)(H,38,50)(H,39,51)(H,44,45). The zero-order valence-electron chi connectivity index (χ0n) is 32.3. The minimum absolute atomic E-state index is 0.0364. The highest BCUT2D eigenvalue weighted by Gasteiger charge is 2.41. The van der Waals surface area contributed by atoms with Gasteiger partial charge < -0.3 is 69.2 Å². The van der Waals surface area contributed by atoms with E-state index in [1.54, 1.807) is 0 Å². The number of carboxylic acids is 1. The van der Waals surface area contributed by atoms with Gasteiger partial charge in [0.05, 0.1) is 42.9 Å². The number of hydrogen-bond acceptors (Lipinski definition) is 14. The highest BCUT2D eigenvalue weighted by atomic mass is 16.5. The molecule has 22 nitrogen and oxygen atoms in total. The Morgan fingerprint density at radius 1 is 0.638 bits per heavy atom. The molecule has 0 saturated carbocycles. The topological polar surface area (TPSA) is 299 Å². The molecule has 0 fully saturated rings. The number of carbonyl (C=O) groups is 5. The number of nitrogens with one attached hydrogen (secondary N) is 3. The molecular weight excluding hydrogens is 770 g/mol. The van der Waals surface area contributed by atoms with Gasteiger partial charge in [-0.1, -0.05) is 0 Å². The van der Waals surface area contributed by atoms with Gasteiger partial charge in [0.2, 0.25) is 5.91 Å². The summed E-state index contributed by atoms with van der Waals surface area (Å²) in [6.07, 6.45) is 2.72. The van der Waals surface area contributed by atoms with Crippen molar-refractivity contribution in [3.8, 4) is 17.2 Å². The molecule has 0 saturated heterocycles. The van der Waals surface area contributed by atoms with Gasteiger partial charge in [0, 0.05) is 85.7 Å². The predicted molar refractivity (Wildman–Crippen MR) is 202 cm³/mol. The van der Waals surface area contributed by atoms with Crippen LogP contribution in [0.2, 0.25) is 0 Å². The van der Waals surface area contributed by atoms with E-state index in [2.05, 4.69) is 16.0 Å². The molecule has 0 aliphatic rings. The van der Waals surface area contributed by atoms with Gasteiger partial charge in [0.1, 0.15) is 5.54 Å². The number of carboxylic acid groups (broad SMARTS) is 1. The smallest absolute Gasteiger partial charge is 0.306 e. The minimum atomic E-state index is -2.27. The van der Waals surface area contributed by atoms with Gasteiger partial charge in [-0.05, 0) is 25.1 Å². The molecule has 22 heteroatoms. The average Bonchev–Trinajstić information content (AvgIpc) is 3.18. The van der Waals surface area contributed by atoms with Gasteiger partial charge in [-0.3, -0.25) is 38.4 Å². The molecule has 7 N–H and O–H groups in total. The first-order valence-corrected chi connectivity index (χ1v) is 17.6. The summed E-state index contributed by atoms with van der Waals surface area (Å²) < 4.78 is 18.1. The van der Waals surface area contributed by atoms with E-state index in [9.17, 15) is 58.8 Å². The first-order chi connectivity index (χ1) is 27.5. The molecule has 3 aromatic rings. The van der Waals surface area contributed by atoms with Gasteiger partial charge in [0.25, 0.3) is 34.4 Å². The van der Waals surface area contributed by atoms with Crippen molar-refractivity contribution in [2.24, 2.45) is 0 Å². The Hall–Kier alpha value is -6.52. The predicted octanol–water partition coefficient (Wildman–Crippen LogP) is -2.12. The van der Waals surface area contributed by atoms with E-state index in [1.165, 1.54) is 52.1 Å². The van der Waals surface area contributed by atoms with E-state index in [0.717, 1.165) is 31.6 Å². The number of amides is 4. The Labute approximate surface area is 330 Å². The molecule has 316 valence electrons. The van der Waals surface area contributed by atoms with Crippen LogP contribution < -0.4 is 32.6 Å². The van der Waals surface area contributed by atoms with Gasteiger partial charge >= 0.3 is 5.97 Å². The van der Waals surface area contributed by atoms with Crippen molar-refractivity contribution in [1.82, 2.24) is 34.6 Å². The van der Waals surface area contributed by atoms with Crippen LogP contribution in [0.4, 0.5) is 0 Å². The Kier molecular flexibility index (Phi) is 16.7. The molecule has 0 aliphatic heterocycles. The van der Waals surface area contributed by atoms with Crippen LogP contribution in [-0.2, 0) is 43.4 Å². The Morgan fingerprint density at radius 3 is 1.31 bits per heavy atom. The average molecular weight is 818 g/mol. The second-order valence-corrected chi connectivity index (χ2v) is 12.9. The zero-order valence-corrected chi connectivity index (χ0v) is 32.3. The summed E-state index contributed by atoms with van der Waals surface area (Å²) >= 11 is 0. The highest BCUT2D eigenvalue weighted by molar-refractivity contribution is 6.02. The Bertz CT molecular complexity index is 2070. The van der Waals surface area contributed by atoms with Gasteiger partial charge in [-0.2, -0.15) is 0 Å². The molecule has 3 aromatic heterocycles. The third-order valence-electron chi connectivity index (χ3n) is 8.75. The molecule has 1 atom stereocenters. The van der Waals surface area contributed by atoms with Crippen LogP contribution in [0.25, 0.3) is 0 Å². The van der Waals surface area contributed by atoms with Crippen LogP contribution in [0.5, 0.6) is 17.2 Å². The number of methoxy groups -OCH3 is 3. The van der Waals surface area contributed by atoms with Crippen LogP contribution in [0.1, 0.15) is 44.4 Å². The van der Waals surface area contributed by atoms with E-state index in [-0.39, 0.29) is 63.7 Å². The summed E-state index contributed by atoms with van der Waals surface area (Å²) in [6.45, 7) is 0.160. The van der Waals surface area contributed by atoms with E-state index >= 15 is 0 Å². The molecular formula is C36H47N7O15. The molecule has 0 bridgehead atoms. The second-order valence-electron chi connectivity index (χ2n) is 12.9. The number of pyridine rings is 3. The fourth-order valence-corrected chi connectivity index (χ4v) is 5.59. The fourth-order valence-electron chi connectivity index (χ4n) is 5.59. The zero-order chi connectivity index (χ0) is 43.2. The molecule has 0 aliphatic carbocycles. The van der Waals surface area contributed by atoms with E-state index < -0.39 is 94.1 Å². The number of aromatic hydroxyl groups is 3. The van der Waals surface area contributed by atoms with Crippen molar-refractivity contribution in [2.75, 3.05) is 67.3 Å². The molecule has 3 rings (SSSR count). The SMILES string of the molecule is COCCn1ccc(C(=O)NCCN(CCNC(=O)c2ccn(CCOC)c(=O)c2O)C(=O)C(C)(CC(=O)O)NC(=O)c2ccn(CCOC)c(=O)c2O)c(O)c1=O. The maximum absolute atomic E-state index is 14.2. The van der Waals surface area contributed by atoms with Crippen LogP contribution in [0, 0.1) is 0 Å². The normalized spacial score (nSPS) is 12.0. The van der Waals surface area contributed by atoms with Gasteiger partial charge in [-0.15, -0.1) is 0 Å². The molecule has 3 heterocycles. The lowest BCUT2D eigenvalue weighted by Gasteiger charge is -2.34. The van der Waals surface area contributed by atoms with Crippen molar-refractivity contribution in [2.45, 2.75) is 38.5 Å². The lowest BCUT2D eigenvalue weighted by molar-refractivity contribution is -0.146. The first-order valence-electron chi connectivity index (χ1n) is 17.6. The maximum Gasteiger partial charge on any atom is 0.306 e. The van der Waals surface area contributed by atoms with E-state index in [0.29, 0.717) is 0 Å². The van der Waals surface area contributed by atoms with Crippen LogP contribution in [0.15, 0.2) is 51.2 Å². The Morgan fingerprint density at radius 2 is 0.983 bits per heavy atom. The van der Waals surface area contributed by atoms with E-state index in [1.807, 2.05) is 0 Å². The summed E-state index contributed by atoms with van der Waals surface area (Å²) in [5, 5.41) is 48.4. The summed E-state index contributed by atoms with van der Waals surface area (Å²) in [7, 11) is 4.23.